The molecule has 0 bridgehead atoms. The highest BCUT2D eigenvalue weighted by Crippen LogP contribution is 2.19. The Hall–Kier alpha value is -3.74. The Kier molecular flexibility index (Phi) is 4.27. The van der Waals surface area contributed by atoms with Crippen LogP contribution in [0.2, 0.25) is 0 Å². The Morgan fingerprint density at radius 3 is 2.68 bits per heavy atom. The van der Waals surface area contributed by atoms with Crippen molar-refractivity contribution in [2.45, 2.75) is 13.8 Å². The highest BCUT2D eigenvalue weighted by molar-refractivity contribution is 6.03. The number of anilines is 1. The van der Waals surface area contributed by atoms with Gasteiger partial charge in [0.1, 0.15) is 11.4 Å². The van der Waals surface area contributed by atoms with E-state index in [0.717, 1.165) is 29.2 Å². The topological polar surface area (TPSA) is 77.1 Å². The van der Waals surface area contributed by atoms with E-state index in [2.05, 4.69) is 10.4 Å². The number of fused-ring (bicyclic) bond motifs is 1. The van der Waals surface area contributed by atoms with E-state index in [9.17, 15) is 14.0 Å². The predicted molar refractivity (Wildman–Crippen MR) is 103 cm³/mol. The van der Waals surface area contributed by atoms with E-state index < -0.39 is 17.2 Å². The van der Waals surface area contributed by atoms with E-state index in [4.69, 9.17) is 4.42 Å². The number of rotatable bonds is 3. The van der Waals surface area contributed by atoms with Gasteiger partial charge in [-0.05, 0) is 56.3 Å². The SMILES string of the molecule is Cc1cc(C)n(-c2cccc(NC(=O)c3cc(=O)c4cc(F)ccc4o3)c2)n1. The van der Waals surface area contributed by atoms with Crippen molar-refractivity contribution in [3.8, 4) is 5.69 Å². The van der Waals surface area contributed by atoms with Crippen molar-refractivity contribution < 1.29 is 13.6 Å². The van der Waals surface area contributed by atoms with Crippen LogP contribution in [0.25, 0.3) is 16.7 Å². The van der Waals surface area contributed by atoms with Crippen molar-refractivity contribution in [3.05, 3.63) is 87.8 Å². The van der Waals surface area contributed by atoms with Gasteiger partial charge in [0.15, 0.2) is 11.2 Å². The Morgan fingerprint density at radius 2 is 1.93 bits per heavy atom. The number of nitrogens with one attached hydrogen (secondary N) is 1. The molecular formula is C21H16FN3O3. The Bertz CT molecular complexity index is 1270. The van der Waals surface area contributed by atoms with E-state index in [1.54, 1.807) is 22.9 Å². The maximum Gasteiger partial charge on any atom is 0.291 e. The summed E-state index contributed by atoms with van der Waals surface area (Å²) in [7, 11) is 0. The summed E-state index contributed by atoms with van der Waals surface area (Å²) in [5.41, 5.74) is 2.84. The fourth-order valence-electron chi connectivity index (χ4n) is 3.04. The molecule has 0 atom stereocenters. The smallest absolute Gasteiger partial charge is 0.291 e. The molecule has 1 amide bonds. The van der Waals surface area contributed by atoms with E-state index in [1.165, 1.54) is 12.1 Å². The fraction of sp³-hybridized carbons (Fsp3) is 0.0952. The molecule has 0 saturated carbocycles. The Balaban J connectivity index is 1.65. The number of nitrogens with zero attached hydrogens (tertiary/aromatic N) is 2. The second-order valence-electron chi connectivity index (χ2n) is 6.46. The number of hydrogen-bond donors (Lipinski definition) is 1. The minimum absolute atomic E-state index is 0.0862. The number of halogens is 1. The lowest BCUT2D eigenvalue weighted by Gasteiger charge is -2.09. The maximum absolute atomic E-state index is 13.3. The second-order valence-corrected chi connectivity index (χ2v) is 6.46. The molecule has 7 heteroatoms. The zero-order valence-corrected chi connectivity index (χ0v) is 15.2. The van der Waals surface area contributed by atoms with E-state index in [0.29, 0.717) is 5.69 Å². The summed E-state index contributed by atoms with van der Waals surface area (Å²) in [5.74, 6) is -1.27. The number of aryl methyl sites for hydroxylation is 2. The first-order chi connectivity index (χ1) is 13.4. The first-order valence-electron chi connectivity index (χ1n) is 8.59. The lowest BCUT2D eigenvalue weighted by molar-refractivity contribution is 0.0997. The van der Waals surface area contributed by atoms with Gasteiger partial charge >= 0.3 is 0 Å². The van der Waals surface area contributed by atoms with Gasteiger partial charge in [0.2, 0.25) is 0 Å². The molecule has 0 aliphatic carbocycles. The number of benzene rings is 2. The quantitative estimate of drug-likeness (QED) is 0.586. The van der Waals surface area contributed by atoms with E-state index in [1.807, 2.05) is 26.0 Å². The van der Waals surface area contributed by atoms with Gasteiger partial charge in [-0.2, -0.15) is 5.10 Å². The summed E-state index contributed by atoms with van der Waals surface area (Å²) in [4.78, 5) is 24.7. The van der Waals surface area contributed by atoms with Crippen LogP contribution in [-0.2, 0) is 0 Å². The molecule has 0 saturated heterocycles. The normalized spacial score (nSPS) is 11.0. The van der Waals surface area contributed by atoms with Crippen LogP contribution in [-0.4, -0.2) is 15.7 Å². The second kappa shape index (κ2) is 6.77. The summed E-state index contributed by atoms with van der Waals surface area (Å²) in [6.45, 7) is 3.85. The molecule has 0 radical (unpaired) electrons. The van der Waals surface area contributed by atoms with Crippen LogP contribution in [0.1, 0.15) is 21.9 Å². The van der Waals surface area contributed by atoms with Gasteiger partial charge in [0.25, 0.3) is 5.91 Å². The first-order valence-corrected chi connectivity index (χ1v) is 8.59. The lowest BCUT2D eigenvalue weighted by atomic mass is 10.2. The number of carbonyl (C=O) groups is 1. The summed E-state index contributed by atoms with van der Waals surface area (Å²) in [6, 6.07) is 13.8. The summed E-state index contributed by atoms with van der Waals surface area (Å²) >= 11 is 0. The molecule has 4 rings (SSSR count). The number of hydrogen-bond acceptors (Lipinski definition) is 4. The van der Waals surface area contributed by atoms with Gasteiger partial charge in [-0.3, -0.25) is 9.59 Å². The molecule has 1 N–H and O–H groups in total. The lowest BCUT2D eigenvalue weighted by Crippen LogP contribution is -2.15. The van der Waals surface area contributed by atoms with Crippen molar-refractivity contribution in [2.24, 2.45) is 0 Å². The highest BCUT2D eigenvalue weighted by Gasteiger charge is 2.14. The van der Waals surface area contributed by atoms with Crippen LogP contribution in [0.15, 0.2) is 63.8 Å². The molecule has 2 heterocycles. The van der Waals surface area contributed by atoms with Crippen molar-refractivity contribution in [3.63, 3.8) is 0 Å². The molecular weight excluding hydrogens is 361 g/mol. The third-order valence-electron chi connectivity index (χ3n) is 4.27. The summed E-state index contributed by atoms with van der Waals surface area (Å²) in [6.07, 6.45) is 0. The number of amides is 1. The third-order valence-corrected chi connectivity index (χ3v) is 4.27. The van der Waals surface area contributed by atoms with Crippen molar-refractivity contribution in [2.75, 3.05) is 5.32 Å². The molecule has 28 heavy (non-hydrogen) atoms. The van der Waals surface area contributed by atoms with Crippen molar-refractivity contribution in [1.82, 2.24) is 9.78 Å². The molecule has 0 unspecified atom stereocenters. The summed E-state index contributed by atoms with van der Waals surface area (Å²) < 4.78 is 20.6. The summed E-state index contributed by atoms with van der Waals surface area (Å²) in [5, 5.41) is 7.22. The maximum atomic E-state index is 13.3. The largest absolute Gasteiger partial charge is 0.451 e. The zero-order chi connectivity index (χ0) is 19.8. The highest BCUT2D eigenvalue weighted by atomic mass is 19.1. The van der Waals surface area contributed by atoms with Gasteiger partial charge < -0.3 is 9.73 Å². The average Bonchev–Trinajstić information content (AvgIpc) is 3.00. The van der Waals surface area contributed by atoms with Gasteiger partial charge in [-0.1, -0.05) is 6.07 Å². The average molecular weight is 377 g/mol. The Morgan fingerprint density at radius 1 is 1.11 bits per heavy atom. The van der Waals surface area contributed by atoms with Crippen LogP contribution in [0.5, 0.6) is 0 Å². The van der Waals surface area contributed by atoms with Crippen LogP contribution in [0.4, 0.5) is 10.1 Å². The minimum Gasteiger partial charge on any atom is -0.451 e. The zero-order valence-electron chi connectivity index (χ0n) is 15.2. The first kappa shape index (κ1) is 17.7. The van der Waals surface area contributed by atoms with Gasteiger partial charge in [0.05, 0.1) is 16.8 Å². The van der Waals surface area contributed by atoms with E-state index >= 15 is 0 Å². The molecule has 0 aliphatic rings. The molecule has 140 valence electrons. The monoisotopic (exact) mass is 377 g/mol. The molecule has 2 aromatic carbocycles. The fourth-order valence-corrected chi connectivity index (χ4v) is 3.04. The van der Waals surface area contributed by atoms with Gasteiger partial charge in [-0.15, -0.1) is 0 Å². The predicted octanol–water partition coefficient (Wildman–Crippen LogP) is 3.99. The van der Waals surface area contributed by atoms with Crippen molar-refractivity contribution in [1.29, 1.82) is 0 Å². The van der Waals surface area contributed by atoms with Crippen LogP contribution in [0.3, 0.4) is 0 Å². The molecule has 6 nitrogen and oxygen atoms in total. The van der Waals surface area contributed by atoms with Crippen molar-refractivity contribution >= 4 is 22.6 Å². The third kappa shape index (κ3) is 3.29. The molecule has 4 aromatic rings. The number of carbonyl (C=O) groups excluding carboxylic acids is 1. The Labute approximate surface area is 159 Å². The molecule has 2 aromatic heterocycles. The minimum atomic E-state index is -0.575. The van der Waals surface area contributed by atoms with Crippen LogP contribution in [0, 0.1) is 19.7 Å². The van der Waals surface area contributed by atoms with Gasteiger partial charge in [0, 0.05) is 17.4 Å². The standard InChI is InChI=1S/C21H16FN3O3/c1-12-8-13(2)25(24-12)16-5-3-4-15(10-16)23-21(27)20-11-18(26)17-9-14(22)6-7-19(17)28-20/h3-11H,1-2H3,(H,23,27). The van der Waals surface area contributed by atoms with Crippen LogP contribution >= 0.6 is 0 Å². The molecule has 0 aliphatic heterocycles. The molecule has 0 fully saturated rings. The van der Waals surface area contributed by atoms with Crippen LogP contribution < -0.4 is 10.7 Å². The van der Waals surface area contributed by atoms with E-state index in [-0.39, 0.29) is 16.7 Å². The molecule has 0 spiro atoms. The number of aromatic nitrogens is 2. The van der Waals surface area contributed by atoms with Gasteiger partial charge in [-0.25, -0.2) is 9.07 Å².